The maximum atomic E-state index is 11.7. The van der Waals surface area contributed by atoms with Gasteiger partial charge in [-0.3, -0.25) is 9.89 Å². The van der Waals surface area contributed by atoms with E-state index in [1.807, 2.05) is 30.3 Å². The summed E-state index contributed by atoms with van der Waals surface area (Å²) in [7, 11) is 0. The molecule has 0 amide bonds. The van der Waals surface area contributed by atoms with Crippen molar-refractivity contribution in [2.24, 2.45) is 0 Å². The molecule has 8 heteroatoms. The summed E-state index contributed by atoms with van der Waals surface area (Å²) in [6, 6.07) is 9.80. The van der Waals surface area contributed by atoms with Crippen LogP contribution in [-0.4, -0.2) is 31.9 Å². The third-order valence-electron chi connectivity index (χ3n) is 4.19. The van der Waals surface area contributed by atoms with E-state index in [0.29, 0.717) is 11.5 Å². The number of halogens is 1. The van der Waals surface area contributed by atoms with Crippen LogP contribution in [0.1, 0.15) is 24.7 Å². The Bertz CT molecular complexity index is 906. The van der Waals surface area contributed by atoms with Gasteiger partial charge in [0.15, 0.2) is 5.82 Å². The molecule has 0 aliphatic carbocycles. The number of aromatic amines is 2. The fourth-order valence-corrected chi connectivity index (χ4v) is 3.25. The van der Waals surface area contributed by atoms with Crippen molar-refractivity contribution in [2.45, 2.75) is 18.9 Å². The summed E-state index contributed by atoms with van der Waals surface area (Å²) in [5.41, 5.74) is 1.20. The van der Waals surface area contributed by atoms with Crippen LogP contribution in [-0.2, 0) is 0 Å². The van der Waals surface area contributed by atoms with Crippen LogP contribution in [0.2, 0.25) is 5.02 Å². The van der Waals surface area contributed by atoms with Gasteiger partial charge in [0.2, 0.25) is 0 Å². The van der Waals surface area contributed by atoms with E-state index in [9.17, 15) is 4.79 Å². The molecule has 24 heavy (non-hydrogen) atoms. The highest BCUT2D eigenvalue weighted by Gasteiger charge is 2.31. The first kappa shape index (κ1) is 14.9. The van der Waals surface area contributed by atoms with E-state index in [4.69, 9.17) is 11.6 Å². The first-order valence-corrected chi connectivity index (χ1v) is 8.09. The molecule has 4 rings (SSSR count). The molecule has 3 aromatic rings. The number of nitrogens with one attached hydrogen (secondary N) is 2. The van der Waals surface area contributed by atoms with E-state index >= 15 is 0 Å². The topological polar surface area (TPSA) is 90.6 Å². The Labute approximate surface area is 142 Å². The molecule has 0 spiro atoms. The minimum Gasteiger partial charge on any atom is -0.359 e. The van der Waals surface area contributed by atoms with E-state index in [0.717, 1.165) is 30.8 Å². The molecule has 7 nitrogen and oxygen atoms in total. The zero-order valence-corrected chi connectivity index (χ0v) is 13.5. The van der Waals surface area contributed by atoms with Crippen molar-refractivity contribution in [3.63, 3.8) is 0 Å². The van der Waals surface area contributed by atoms with Crippen LogP contribution in [0.5, 0.6) is 0 Å². The first-order chi connectivity index (χ1) is 11.7. The zero-order chi connectivity index (χ0) is 16.5. The van der Waals surface area contributed by atoms with Crippen molar-refractivity contribution in [1.82, 2.24) is 25.4 Å². The quantitative estimate of drug-likeness (QED) is 0.763. The standard InChI is InChI=1S/C16H15ClN6O/c17-13-12(9-18-22-16(13)24)23-8-4-7-11(23)15-19-14(20-21-15)10-5-2-1-3-6-10/h1-3,5-6,9,11H,4,7-8H2,(H,22,24)(H,19,20,21)/t11-/m0/s1. The van der Waals surface area contributed by atoms with E-state index in [1.54, 1.807) is 6.20 Å². The highest BCUT2D eigenvalue weighted by atomic mass is 35.5. The first-order valence-electron chi connectivity index (χ1n) is 7.71. The number of hydrogen-bond donors (Lipinski definition) is 2. The molecule has 1 fully saturated rings. The lowest BCUT2D eigenvalue weighted by Crippen LogP contribution is -2.26. The Morgan fingerprint density at radius 1 is 1.21 bits per heavy atom. The Hall–Kier alpha value is -2.67. The van der Waals surface area contributed by atoms with Crippen molar-refractivity contribution in [2.75, 3.05) is 11.4 Å². The lowest BCUT2D eigenvalue weighted by atomic mass is 10.2. The molecule has 1 aliphatic heterocycles. The van der Waals surface area contributed by atoms with Gasteiger partial charge in [0, 0.05) is 12.1 Å². The average Bonchev–Trinajstić information content (AvgIpc) is 3.27. The number of nitrogens with zero attached hydrogens (tertiary/aromatic N) is 4. The minimum atomic E-state index is -0.387. The molecule has 2 N–H and O–H groups in total. The SMILES string of the molecule is O=c1[nH]ncc(N2CCC[C@H]2c2nc(-c3ccccc3)n[nH]2)c1Cl. The van der Waals surface area contributed by atoms with Gasteiger partial charge in [-0.25, -0.2) is 10.1 Å². The van der Waals surface area contributed by atoms with Crippen molar-refractivity contribution in [1.29, 1.82) is 0 Å². The van der Waals surface area contributed by atoms with Gasteiger partial charge < -0.3 is 4.90 Å². The predicted molar refractivity (Wildman–Crippen MR) is 91.0 cm³/mol. The van der Waals surface area contributed by atoms with Crippen LogP contribution in [0.15, 0.2) is 41.3 Å². The fourth-order valence-electron chi connectivity index (χ4n) is 3.05. The van der Waals surface area contributed by atoms with Crippen molar-refractivity contribution < 1.29 is 0 Å². The van der Waals surface area contributed by atoms with Gasteiger partial charge in [0.25, 0.3) is 5.56 Å². The summed E-state index contributed by atoms with van der Waals surface area (Å²) in [5.74, 6) is 1.43. The predicted octanol–water partition coefficient (Wildman–Crippen LogP) is 2.55. The van der Waals surface area contributed by atoms with Gasteiger partial charge in [-0.2, -0.15) is 10.2 Å². The Balaban J connectivity index is 1.68. The van der Waals surface area contributed by atoms with Crippen LogP contribution >= 0.6 is 11.6 Å². The van der Waals surface area contributed by atoms with Gasteiger partial charge in [0.05, 0.1) is 17.9 Å². The number of benzene rings is 1. The summed E-state index contributed by atoms with van der Waals surface area (Å²) in [4.78, 5) is 18.4. The summed E-state index contributed by atoms with van der Waals surface area (Å²) in [5, 5.41) is 13.7. The maximum absolute atomic E-state index is 11.7. The molecule has 122 valence electrons. The molecule has 1 atom stereocenters. The molecule has 0 bridgehead atoms. The van der Waals surface area contributed by atoms with Crippen molar-refractivity contribution in [3.05, 3.63) is 57.7 Å². The van der Waals surface area contributed by atoms with Gasteiger partial charge in [-0.1, -0.05) is 41.9 Å². The van der Waals surface area contributed by atoms with Crippen molar-refractivity contribution >= 4 is 17.3 Å². The number of hydrogen-bond acceptors (Lipinski definition) is 5. The Morgan fingerprint density at radius 3 is 2.88 bits per heavy atom. The van der Waals surface area contributed by atoms with E-state index in [-0.39, 0.29) is 16.6 Å². The van der Waals surface area contributed by atoms with Gasteiger partial charge >= 0.3 is 0 Å². The van der Waals surface area contributed by atoms with Crippen LogP contribution < -0.4 is 10.5 Å². The number of aromatic nitrogens is 5. The average molecular weight is 343 g/mol. The lowest BCUT2D eigenvalue weighted by molar-refractivity contribution is 0.667. The molecule has 0 radical (unpaired) electrons. The highest BCUT2D eigenvalue weighted by molar-refractivity contribution is 6.33. The van der Waals surface area contributed by atoms with Crippen LogP contribution in [0.3, 0.4) is 0 Å². The lowest BCUT2D eigenvalue weighted by Gasteiger charge is -2.25. The van der Waals surface area contributed by atoms with E-state index < -0.39 is 0 Å². The molecular weight excluding hydrogens is 328 g/mol. The molecule has 1 aliphatic rings. The Morgan fingerprint density at radius 2 is 2.04 bits per heavy atom. The van der Waals surface area contributed by atoms with Crippen molar-refractivity contribution in [3.8, 4) is 11.4 Å². The maximum Gasteiger partial charge on any atom is 0.285 e. The Kier molecular flexibility index (Phi) is 3.78. The number of H-pyrrole nitrogens is 2. The van der Waals surface area contributed by atoms with Gasteiger partial charge in [-0.05, 0) is 12.8 Å². The third-order valence-corrected chi connectivity index (χ3v) is 4.55. The second kappa shape index (κ2) is 6.09. The molecular formula is C16H15ClN6O. The van der Waals surface area contributed by atoms with Crippen LogP contribution in [0.25, 0.3) is 11.4 Å². The molecule has 1 saturated heterocycles. The second-order valence-electron chi connectivity index (χ2n) is 5.66. The summed E-state index contributed by atoms with van der Waals surface area (Å²) < 4.78 is 0. The fraction of sp³-hybridized carbons (Fsp3) is 0.250. The highest BCUT2D eigenvalue weighted by Crippen LogP contribution is 2.36. The summed E-state index contributed by atoms with van der Waals surface area (Å²) in [6.45, 7) is 0.789. The molecule has 3 heterocycles. The second-order valence-corrected chi connectivity index (χ2v) is 6.04. The van der Waals surface area contributed by atoms with Crippen LogP contribution in [0, 0.1) is 0 Å². The largest absolute Gasteiger partial charge is 0.359 e. The summed E-state index contributed by atoms with van der Waals surface area (Å²) in [6.07, 6.45) is 3.47. The zero-order valence-electron chi connectivity index (χ0n) is 12.7. The van der Waals surface area contributed by atoms with Gasteiger partial charge in [0.1, 0.15) is 10.8 Å². The number of rotatable bonds is 3. The van der Waals surface area contributed by atoms with E-state index in [1.165, 1.54) is 0 Å². The van der Waals surface area contributed by atoms with Gasteiger partial charge in [-0.15, -0.1) is 0 Å². The smallest absolute Gasteiger partial charge is 0.285 e. The van der Waals surface area contributed by atoms with Crippen LogP contribution in [0.4, 0.5) is 5.69 Å². The third kappa shape index (κ3) is 2.56. The molecule has 2 aromatic heterocycles. The molecule has 0 unspecified atom stereocenters. The molecule has 1 aromatic carbocycles. The normalized spacial score (nSPS) is 17.4. The number of anilines is 1. The molecule has 0 saturated carbocycles. The summed E-state index contributed by atoms with van der Waals surface area (Å²) >= 11 is 6.16. The minimum absolute atomic E-state index is 0.00365. The monoisotopic (exact) mass is 342 g/mol. The van der Waals surface area contributed by atoms with E-state index in [2.05, 4.69) is 30.3 Å².